The van der Waals surface area contributed by atoms with Gasteiger partial charge in [0, 0.05) is 29.3 Å². The fourth-order valence-electron chi connectivity index (χ4n) is 2.94. The largest absolute Gasteiger partial charge is 0.379 e. The number of halogens is 2. The van der Waals surface area contributed by atoms with Crippen LogP contribution in [0.3, 0.4) is 0 Å². The van der Waals surface area contributed by atoms with Crippen molar-refractivity contribution in [2.24, 2.45) is 0 Å². The van der Waals surface area contributed by atoms with Gasteiger partial charge < -0.3 is 10.1 Å². The van der Waals surface area contributed by atoms with E-state index < -0.39 is 0 Å². The van der Waals surface area contributed by atoms with Crippen molar-refractivity contribution in [3.8, 4) is 11.3 Å². The van der Waals surface area contributed by atoms with Crippen molar-refractivity contribution < 1.29 is 9.13 Å². The normalized spacial score (nSPS) is 11.3. The van der Waals surface area contributed by atoms with Gasteiger partial charge in [-0.25, -0.2) is 4.39 Å². The molecule has 0 bridgehead atoms. The molecule has 0 spiro atoms. The van der Waals surface area contributed by atoms with Crippen LogP contribution >= 0.6 is 11.6 Å². The molecule has 0 aliphatic rings. The summed E-state index contributed by atoms with van der Waals surface area (Å²) < 4.78 is 19.7. The van der Waals surface area contributed by atoms with Crippen LogP contribution < -0.4 is 5.32 Å². The molecule has 0 saturated carbocycles. The van der Waals surface area contributed by atoms with Gasteiger partial charge in [0.1, 0.15) is 17.2 Å². The zero-order valence-corrected chi connectivity index (χ0v) is 17.5. The molecular formula is C22H26ClFN4O. The van der Waals surface area contributed by atoms with Crippen molar-refractivity contribution in [3.05, 3.63) is 70.6 Å². The summed E-state index contributed by atoms with van der Waals surface area (Å²) in [5.74, 6) is -0.360. The Balaban J connectivity index is 1.74. The molecule has 154 valence electrons. The second kappa shape index (κ2) is 10.5. The van der Waals surface area contributed by atoms with Crippen LogP contribution in [0.4, 0.5) is 4.39 Å². The molecule has 0 saturated heterocycles. The fourth-order valence-corrected chi connectivity index (χ4v) is 3.16. The molecule has 3 rings (SSSR count). The Kier molecular flexibility index (Phi) is 7.75. The van der Waals surface area contributed by atoms with Gasteiger partial charge in [-0.1, -0.05) is 48.0 Å². The molecule has 1 N–H and O–H groups in total. The maximum atomic E-state index is 14.2. The predicted molar refractivity (Wildman–Crippen MR) is 113 cm³/mol. The molecule has 7 heteroatoms. The molecule has 0 aliphatic heterocycles. The van der Waals surface area contributed by atoms with Crippen LogP contribution in [0.2, 0.25) is 5.02 Å². The van der Waals surface area contributed by atoms with Gasteiger partial charge in [0.15, 0.2) is 0 Å². The van der Waals surface area contributed by atoms with Crippen molar-refractivity contribution >= 4 is 11.6 Å². The van der Waals surface area contributed by atoms with Crippen LogP contribution in [-0.4, -0.2) is 34.2 Å². The number of rotatable bonds is 10. The van der Waals surface area contributed by atoms with Crippen LogP contribution in [0.15, 0.2) is 48.5 Å². The van der Waals surface area contributed by atoms with Crippen LogP contribution in [0.25, 0.3) is 11.3 Å². The summed E-state index contributed by atoms with van der Waals surface area (Å²) in [6.45, 7) is 6.32. The van der Waals surface area contributed by atoms with E-state index in [4.69, 9.17) is 16.3 Å². The summed E-state index contributed by atoms with van der Waals surface area (Å²) in [5, 5.41) is 13.0. The number of hydrogen-bond donors (Lipinski definition) is 1. The lowest BCUT2D eigenvalue weighted by molar-refractivity contribution is 0.0770. The minimum Gasteiger partial charge on any atom is -0.379 e. The molecule has 0 radical (unpaired) electrons. The Morgan fingerprint density at radius 2 is 1.90 bits per heavy atom. The Morgan fingerprint density at radius 1 is 1.10 bits per heavy atom. The average Bonchev–Trinajstić information content (AvgIpc) is 3.11. The van der Waals surface area contributed by atoms with Crippen molar-refractivity contribution in [1.29, 1.82) is 0 Å². The maximum Gasteiger partial charge on any atom is 0.129 e. The van der Waals surface area contributed by atoms with Crippen molar-refractivity contribution in [2.45, 2.75) is 39.5 Å². The van der Waals surface area contributed by atoms with E-state index in [0.717, 1.165) is 29.9 Å². The second-order valence-corrected chi connectivity index (χ2v) is 7.45. The van der Waals surface area contributed by atoms with Crippen molar-refractivity contribution in [3.63, 3.8) is 0 Å². The standard InChI is InChI=1S/C22H26ClFN4O/c1-16(2)29-13-7-12-25-14-21-22(17-8-4-3-5-9-17)27-28(26-21)15-18-19(23)10-6-11-20(18)24/h3-6,8-11,16,25H,7,12-15H2,1-2H3. The lowest BCUT2D eigenvalue weighted by atomic mass is 10.1. The highest BCUT2D eigenvalue weighted by atomic mass is 35.5. The highest BCUT2D eigenvalue weighted by Crippen LogP contribution is 2.23. The molecule has 0 aliphatic carbocycles. The lowest BCUT2D eigenvalue weighted by Crippen LogP contribution is -2.18. The predicted octanol–water partition coefficient (Wildman–Crippen LogP) is 4.69. The smallest absolute Gasteiger partial charge is 0.129 e. The zero-order chi connectivity index (χ0) is 20.6. The number of nitrogens with zero attached hydrogens (tertiary/aromatic N) is 3. The van der Waals surface area contributed by atoms with E-state index in [1.807, 2.05) is 44.2 Å². The Hall–Kier alpha value is -2.28. The van der Waals surface area contributed by atoms with E-state index in [0.29, 0.717) is 23.7 Å². The monoisotopic (exact) mass is 416 g/mol. The fraction of sp³-hybridized carbons (Fsp3) is 0.364. The number of nitrogens with one attached hydrogen (secondary N) is 1. The number of benzene rings is 2. The van der Waals surface area contributed by atoms with Gasteiger partial charge in [0.2, 0.25) is 0 Å². The summed E-state index contributed by atoms with van der Waals surface area (Å²) >= 11 is 6.16. The molecule has 0 atom stereocenters. The Bertz CT molecular complexity index is 894. The first kappa shape index (κ1) is 21.4. The van der Waals surface area contributed by atoms with Gasteiger partial charge in [-0.15, -0.1) is 0 Å². The van der Waals surface area contributed by atoms with Gasteiger partial charge >= 0.3 is 0 Å². The van der Waals surface area contributed by atoms with E-state index >= 15 is 0 Å². The Labute approximate surface area is 175 Å². The topological polar surface area (TPSA) is 52.0 Å². The quantitative estimate of drug-likeness (QED) is 0.487. The highest BCUT2D eigenvalue weighted by molar-refractivity contribution is 6.31. The van der Waals surface area contributed by atoms with E-state index in [-0.39, 0.29) is 18.5 Å². The molecule has 0 amide bonds. The number of aromatic nitrogens is 3. The molecule has 5 nitrogen and oxygen atoms in total. The van der Waals surface area contributed by atoms with E-state index in [2.05, 4.69) is 15.5 Å². The summed E-state index contributed by atoms with van der Waals surface area (Å²) in [6, 6.07) is 14.5. The minimum atomic E-state index is -0.360. The first-order valence-corrected chi connectivity index (χ1v) is 10.2. The van der Waals surface area contributed by atoms with Gasteiger partial charge in [-0.05, 0) is 38.9 Å². The van der Waals surface area contributed by atoms with E-state index in [9.17, 15) is 4.39 Å². The van der Waals surface area contributed by atoms with E-state index in [1.54, 1.807) is 12.1 Å². The van der Waals surface area contributed by atoms with Crippen molar-refractivity contribution in [2.75, 3.05) is 13.2 Å². The zero-order valence-electron chi connectivity index (χ0n) is 16.7. The SMILES string of the molecule is CC(C)OCCCNCc1nn(Cc2c(F)cccc2Cl)nc1-c1ccccc1. The molecule has 0 fully saturated rings. The summed E-state index contributed by atoms with van der Waals surface area (Å²) in [4.78, 5) is 1.51. The van der Waals surface area contributed by atoms with Gasteiger partial charge in [0.25, 0.3) is 0 Å². The highest BCUT2D eigenvalue weighted by Gasteiger charge is 2.15. The Morgan fingerprint density at radius 3 is 2.62 bits per heavy atom. The van der Waals surface area contributed by atoms with Gasteiger partial charge in [-0.2, -0.15) is 15.0 Å². The molecule has 29 heavy (non-hydrogen) atoms. The first-order chi connectivity index (χ1) is 14.0. The minimum absolute atomic E-state index is 0.174. The molecule has 1 heterocycles. The molecule has 2 aromatic carbocycles. The maximum absolute atomic E-state index is 14.2. The molecule has 3 aromatic rings. The third-order valence-electron chi connectivity index (χ3n) is 4.37. The van der Waals surface area contributed by atoms with Crippen molar-refractivity contribution in [1.82, 2.24) is 20.3 Å². The molecular weight excluding hydrogens is 391 g/mol. The third-order valence-corrected chi connectivity index (χ3v) is 4.73. The van der Waals surface area contributed by atoms with Crippen LogP contribution in [0.1, 0.15) is 31.5 Å². The third kappa shape index (κ3) is 6.10. The van der Waals surface area contributed by atoms with Crippen LogP contribution in [0, 0.1) is 5.82 Å². The van der Waals surface area contributed by atoms with Gasteiger partial charge in [0.05, 0.1) is 12.6 Å². The molecule has 0 unspecified atom stereocenters. The average molecular weight is 417 g/mol. The first-order valence-electron chi connectivity index (χ1n) is 9.79. The van der Waals surface area contributed by atoms with Crippen LogP contribution in [0.5, 0.6) is 0 Å². The number of hydrogen-bond acceptors (Lipinski definition) is 4. The van der Waals surface area contributed by atoms with E-state index in [1.165, 1.54) is 10.9 Å². The molecule has 1 aromatic heterocycles. The van der Waals surface area contributed by atoms with Gasteiger partial charge in [-0.3, -0.25) is 0 Å². The van der Waals surface area contributed by atoms with Crippen LogP contribution in [-0.2, 0) is 17.8 Å². The second-order valence-electron chi connectivity index (χ2n) is 7.04. The summed E-state index contributed by atoms with van der Waals surface area (Å²) in [5.41, 5.74) is 2.95. The summed E-state index contributed by atoms with van der Waals surface area (Å²) in [7, 11) is 0. The lowest BCUT2D eigenvalue weighted by Gasteiger charge is -2.08. The summed E-state index contributed by atoms with van der Waals surface area (Å²) in [6.07, 6.45) is 1.16. The number of ether oxygens (including phenoxy) is 1.